The fourth-order valence-electron chi connectivity index (χ4n) is 2.48. The molecule has 0 fully saturated rings. The summed E-state index contributed by atoms with van der Waals surface area (Å²) in [5.74, 6) is -4.07. The number of aromatic nitrogens is 1. The van der Waals surface area contributed by atoms with Crippen LogP contribution >= 0.6 is 11.3 Å². The first-order valence-corrected chi connectivity index (χ1v) is 8.70. The Bertz CT molecular complexity index is 1100. The second-order valence-corrected chi connectivity index (χ2v) is 6.42. The fraction of sp³-hybridized carbons (Fsp3) is 0.167. The van der Waals surface area contributed by atoms with Crippen LogP contribution in [-0.4, -0.2) is 23.1 Å². The van der Waals surface area contributed by atoms with Crippen molar-refractivity contribution in [2.24, 2.45) is 4.99 Å². The van der Waals surface area contributed by atoms with Crippen molar-refractivity contribution < 1.29 is 27.5 Å². The van der Waals surface area contributed by atoms with Crippen molar-refractivity contribution >= 4 is 33.4 Å². The molecular formula is C18H13F3N2O3S. The molecule has 0 unspecified atom stereocenters. The minimum atomic E-state index is -0.912. The Balaban J connectivity index is 2.19. The predicted molar refractivity (Wildman–Crippen MR) is 92.7 cm³/mol. The highest BCUT2D eigenvalue weighted by atomic mass is 32.1. The van der Waals surface area contributed by atoms with Gasteiger partial charge in [-0.2, -0.15) is 4.99 Å². The molecule has 0 radical (unpaired) electrons. The summed E-state index contributed by atoms with van der Waals surface area (Å²) in [5.41, 5.74) is -0.362. The number of fused-ring (bicyclic) bond motifs is 1. The molecule has 3 rings (SSSR count). The van der Waals surface area contributed by atoms with Crippen molar-refractivity contribution in [3.63, 3.8) is 0 Å². The molecule has 1 heterocycles. The third kappa shape index (κ3) is 3.92. The van der Waals surface area contributed by atoms with E-state index < -0.39 is 35.9 Å². The number of amides is 1. The quantitative estimate of drug-likeness (QED) is 0.637. The minimum Gasteiger partial charge on any atom is -0.465 e. The maximum absolute atomic E-state index is 14.3. The van der Waals surface area contributed by atoms with Gasteiger partial charge in [0.25, 0.3) is 5.91 Å². The molecule has 5 nitrogen and oxygen atoms in total. The van der Waals surface area contributed by atoms with Crippen LogP contribution in [0.4, 0.5) is 13.2 Å². The van der Waals surface area contributed by atoms with E-state index >= 15 is 0 Å². The summed E-state index contributed by atoms with van der Waals surface area (Å²) in [4.78, 5) is 27.9. The standard InChI is InChI=1S/C18H13F3N2O3S/c1-2-26-15(24)9-23-16-13(21)7-10(19)8-14(16)27-18(23)22-17(25)11-5-3-4-6-12(11)20/h3-8H,2,9H2,1H3. The monoisotopic (exact) mass is 394 g/mol. The van der Waals surface area contributed by atoms with E-state index in [0.29, 0.717) is 6.07 Å². The number of benzene rings is 2. The van der Waals surface area contributed by atoms with Crippen molar-refractivity contribution in [2.75, 3.05) is 6.61 Å². The van der Waals surface area contributed by atoms with E-state index in [2.05, 4.69) is 4.99 Å². The summed E-state index contributed by atoms with van der Waals surface area (Å²) in [5, 5.41) is 0. The molecule has 0 aliphatic rings. The minimum absolute atomic E-state index is 0.0733. The highest BCUT2D eigenvalue weighted by molar-refractivity contribution is 7.16. The van der Waals surface area contributed by atoms with Crippen LogP contribution in [0.15, 0.2) is 41.4 Å². The molecule has 0 bridgehead atoms. The van der Waals surface area contributed by atoms with Crippen molar-refractivity contribution in [2.45, 2.75) is 13.5 Å². The summed E-state index contributed by atoms with van der Waals surface area (Å²) < 4.78 is 47.7. The second-order valence-electron chi connectivity index (χ2n) is 5.41. The number of carbonyl (C=O) groups excluding carboxylic acids is 2. The van der Waals surface area contributed by atoms with Gasteiger partial charge in [0, 0.05) is 6.07 Å². The summed E-state index contributed by atoms with van der Waals surface area (Å²) in [6.45, 7) is 1.29. The first kappa shape index (κ1) is 18.8. The van der Waals surface area contributed by atoms with Gasteiger partial charge in [0.15, 0.2) is 10.6 Å². The van der Waals surface area contributed by atoms with Crippen LogP contribution in [-0.2, 0) is 16.1 Å². The van der Waals surface area contributed by atoms with Crippen LogP contribution < -0.4 is 4.80 Å². The fourth-order valence-corrected chi connectivity index (χ4v) is 3.55. The van der Waals surface area contributed by atoms with Crippen molar-refractivity contribution in [3.8, 4) is 0 Å². The van der Waals surface area contributed by atoms with Gasteiger partial charge >= 0.3 is 5.97 Å². The Morgan fingerprint density at radius 1 is 1.15 bits per heavy atom. The lowest BCUT2D eigenvalue weighted by Gasteiger charge is -2.06. The Labute approximate surface area is 155 Å². The Morgan fingerprint density at radius 2 is 1.89 bits per heavy atom. The van der Waals surface area contributed by atoms with E-state index in [-0.39, 0.29) is 27.2 Å². The van der Waals surface area contributed by atoms with Crippen LogP contribution in [0.25, 0.3) is 10.2 Å². The normalized spacial score (nSPS) is 11.8. The summed E-state index contributed by atoms with van der Waals surface area (Å²) in [6, 6.07) is 6.99. The smallest absolute Gasteiger partial charge is 0.326 e. The van der Waals surface area contributed by atoms with E-state index in [0.717, 1.165) is 28.0 Å². The molecule has 27 heavy (non-hydrogen) atoms. The van der Waals surface area contributed by atoms with Crippen molar-refractivity contribution in [1.29, 1.82) is 0 Å². The summed E-state index contributed by atoms with van der Waals surface area (Å²) in [7, 11) is 0. The molecule has 0 spiro atoms. The van der Waals surface area contributed by atoms with Gasteiger partial charge in [0.1, 0.15) is 18.2 Å². The second kappa shape index (κ2) is 7.75. The molecule has 9 heteroatoms. The lowest BCUT2D eigenvalue weighted by atomic mass is 10.2. The molecule has 2 aromatic carbocycles. The maximum Gasteiger partial charge on any atom is 0.326 e. The van der Waals surface area contributed by atoms with Gasteiger partial charge in [-0.1, -0.05) is 23.5 Å². The number of rotatable bonds is 4. The zero-order valence-corrected chi connectivity index (χ0v) is 14.9. The summed E-state index contributed by atoms with van der Waals surface area (Å²) >= 11 is 0.806. The van der Waals surface area contributed by atoms with Gasteiger partial charge in [-0.15, -0.1) is 0 Å². The van der Waals surface area contributed by atoms with Crippen LogP contribution in [0.5, 0.6) is 0 Å². The van der Waals surface area contributed by atoms with Crippen LogP contribution in [0.3, 0.4) is 0 Å². The molecule has 0 aliphatic heterocycles. The Hall–Kier alpha value is -2.94. The summed E-state index contributed by atoms with van der Waals surface area (Å²) in [6.07, 6.45) is 0. The number of thiazole rings is 1. The first-order valence-electron chi connectivity index (χ1n) is 7.88. The molecule has 1 amide bonds. The van der Waals surface area contributed by atoms with E-state index in [4.69, 9.17) is 4.74 Å². The van der Waals surface area contributed by atoms with Crippen molar-refractivity contribution in [3.05, 3.63) is 64.2 Å². The molecule has 0 saturated heterocycles. The molecule has 140 valence electrons. The molecule has 0 saturated carbocycles. The number of ether oxygens (including phenoxy) is 1. The lowest BCUT2D eigenvalue weighted by Crippen LogP contribution is -2.23. The number of halogens is 3. The van der Waals surface area contributed by atoms with E-state index in [1.807, 2.05) is 0 Å². The van der Waals surface area contributed by atoms with Crippen LogP contribution in [0.2, 0.25) is 0 Å². The third-order valence-electron chi connectivity index (χ3n) is 3.59. The zero-order chi connectivity index (χ0) is 19.6. The number of carbonyl (C=O) groups is 2. The molecule has 0 aliphatic carbocycles. The zero-order valence-electron chi connectivity index (χ0n) is 14.0. The van der Waals surface area contributed by atoms with E-state index in [1.54, 1.807) is 6.92 Å². The number of hydrogen-bond acceptors (Lipinski definition) is 4. The van der Waals surface area contributed by atoms with Crippen LogP contribution in [0, 0.1) is 17.5 Å². The highest BCUT2D eigenvalue weighted by Gasteiger charge is 2.17. The molecule has 3 aromatic rings. The van der Waals surface area contributed by atoms with Gasteiger partial charge in [0.05, 0.1) is 22.4 Å². The average Bonchev–Trinajstić information content (AvgIpc) is 2.92. The highest BCUT2D eigenvalue weighted by Crippen LogP contribution is 2.22. The van der Waals surface area contributed by atoms with Crippen molar-refractivity contribution in [1.82, 2.24) is 4.57 Å². The number of nitrogens with zero attached hydrogens (tertiary/aromatic N) is 2. The van der Waals surface area contributed by atoms with Gasteiger partial charge in [-0.3, -0.25) is 9.59 Å². The number of esters is 1. The predicted octanol–water partition coefficient (Wildman–Crippen LogP) is 3.42. The Kier molecular flexibility index (Phi) is 5.41. The van der Waals surface area contributed by atoms with Crippen LogP contribution in [0.1, 0.15) is 17.3 Å². The Morgan fingerprint density at radius 3 is 2.59 bits per heavy atom. The largest absolute Gasteiger partial charge is 0.465 e. The van der Waals surface area contributed by atoms with E-state index in [1.165, 1.54) is 18.2 Å². The van der Waals surface area contributed by atoms with Gasteiger partial charge < -0.3 is 9.30 Å². The van der Waals surface area contributed by atoms with Gasteiger partial charge in [-0.25, -0.2) is 13.2 Å². The molecule has 0 N–H and O–H groups in total. The van der Waals surface area contributed by atoms with Gasteiger partial charge in [-0.05, 0) is 25.1 Å². The molecular weight excluding hydrogens is 381 g/mol. The van der Waals surface area contributed by atoms with E-state index in [9.17, 15) is 22.8 Å². The third-order valence-corrected chi connectivity index (χ3v) is 4.61. The van der Waals surface area contributed by atoms with Gasteiger partial charge in [0.2, 0.25) is 0 Å². The molecule has 0 atom stereocenters. The SMILES string of the molecule is CCOC(=O)Cn1c(=NC(=O)c2ccccc2F)sc2cc(F)cc(F)c21. The first-order chi connectivity index (χ1) is 12.9. The molecule has 1 aromatic heterocycles. The topological polar surface area (TPSA) is 60.7 Å². The average molecular weight is 394 g/mol. The lowest BCUT2D eigenvalue weighted by molar-refractivity contribution is -0.143. The maximum atomic E-state index is 14.3. The number of hydrogen-bond donors (Lipinski definition) is 0.